The number of nitrogens with zero attached hydrogens (tertiary/aromatic N) is 2. The first-order valence-electron chi connectivity index (χ1n) is 7.25. The molecule has 0 aliphatic rings. The fourth-order valence-electron chi connectivity index (χ4n) is 2.58. The van der Waals surface area contributed by atoms with Crippen molar-refractivity contribution in [3.63, 3.8) is 0 Å². The molecule has 0 spiro atoms. The number of halogens is 1. The number of aryl methyl sites for hydroxylation is 1. The summed E-state index contributed by atoms with van der Waals surface area (Å²) < 4.78 is 2.00. The van der Waals surface area contributed by atoms with Gasteiger partial charge in [-0.1, -0.05) is 29.8 Å². The summed E-state index contributed by atoms with van der Waals surface area (Å²) in [5.74, 6) is 0.926. The topological polar surface area (TPSA) is 29.3 Å². The van der Waals surface area contributed by atoms with Gasteiger partial charge in [-0.3, -0.25) is 4.40 Å². The Labute approximate surface area is 143 Å². The molecule has 114 valence electrons. The number of fused-ring (bicyclic) bond motifs is 1. The largest absolute Gasteiger partial charge is 0.339 e. The van der Waals surface area contributed by atoms with E-state index in [-0.39, 0.29) is 0 Å². The van der Waals surface area contributed by atoms with E-state index in [0.29, 0.717) is 5.02 Å². The zero-order valence-corrected chi connectivity index (χ0v) is 14.0. The van der Waals surface area contributed by atoms with E-state index in [1.165, 1.54) is 5.56 Å². The predicted molar refractivity (Wildman–Crippen MR) is 98.0 cm³/mol. The second-order valence-corrected chi connectivity index (χ2v) is 6.55. The van der Waals surface area contributed by atoms with Crippen LogP contribution in [0.1, 0.15) is 5.56 Å². The lowest BCUT2D eigenvalue weighted by Gasteiger charge is -2.11. The fraction of sp³-hybridized carbons (Fsp3) is 0.0556. The van der Waals surface area contributed by atoms with Crippen LogP contribution in [0.25, 0.3) is 16.9 Å². The van der Waals surface area contributed by atoms with Crippen LogP contribution in [-0.2, 0) is 0 Å². The number of thiophene rings is 1. The van der Waals surface area contributed by atoms with Crippen molar-refractivity contribution in [1.29, 1.82) is 0 Å². The smallest absolute Gasteiger partial charge is 0.143 e. The van der Waals surface area contributed by atoms with Gasteiger partial charge < -0.3 is 5.32 Å². The molecular weight excluding hydrogens is 326 g/mol. The lowest BCUT2D eigenvalue weighted by Crippen LogP contribution is -1.98. The Morgan fingerprint density at radius 2 is 2.00 bits per heavy atom. The second-order valence-electron chi connectivity index (χ2n) is 5.34. The monoisotopic (exact) mass is 339 g/mol. The number of imidazole rings is 1. The van der Waals surface area contributed by atoms with Gasteiger partial charge >= 0.3 is 0 Å². The van der Waals surface area contributed by atoms with Crippen LogP contribution in [0.2, 0.25) is 5.02 Å². The molecule has 0 aliphatic carbocycles. The minimum Gasteiger partial charge on any atom is -0.339 e. The molecule has 5 heteroatoms. The van der Waals surface area contributed by atoms with Crippen molar-refractivity contribution >= 4 is 40.1 Å². The first kappa shape index (κ1) is 14.3. The summed E-state index contributed by atoms with van der Waals surface area (Å²) in [5, 5.41) is 8.37. The summed E-state index contributed by atoms with van der Waals surface area (Å²) in [7, 11) is 0. The van der Waals surface area contributed by atoms with Gasteiger partial charge in [0.15, 0.2) is 0 Å². The van der Waals surface area contributed by atoms with Gasteiger partial charge in [0.1, 0.15) is 17.2 Å². The summed E-state index contributed by atoms with van der Waals surface area (Å²) in [6.45, 7) is 2.09. The van der Waals surface area contributed by atoms with Crippen molar-refractivity contribution in [2.24, 2.45) is 0 Å². The van der Waals surface area contributed by atoms with Gasteiger partial charge in [-0.2, -0.15) is 11.3 Å². The molecule has 0 unspecified atom stereocenters. The maximum absolute atomic E-state index is 6.18. The molecule has 0 amide bonds. The Hall–Kier alpha value is -2.30. The molecule has 0 fully saturated rings. The Morgan fingerprint density at radius 1 is 1.13 bits per heavy atom. The number of para-hydroxylation sites is 1. The Morgan fingerprint density at radius 3 is 2.78 bits per heavy atom. The molecule has 0 radical (unpaired) electrons. The van der Waals surface area contributed by atoms with Crippen LogP contribution in [0.3, 0.4) is 0 Å². The molecule has 0 saturated carbocycles. The van der Waals surface area contributed by atoms with Crippen LogP contribution in [0.15, 0.2) is 59.4 Å². The minimum atomic E-state index is 0.680. The summed E-state index contributed by atoms with van der Waals surface area (Å²) in [6.07, 6.45) is 1.89. The van der Waals surface area contributed by atoms with E-state index >= 15 is 0 Å². The molecule has 23 heavy (non-hydrogen) atoms. The third-order valence-electron chi connectivity index (χ3n) is 3.78. The third-order valence-corrected chi connectivity index (χ3v) is 4.68. The number of anilines is 2. The lowest BCUT2D eigenvalue weighted by molar-refractivity contribution is 1.18. The third kappa shape index (κ3) is 2.60. The normalized spacial score (nSPS) is 11.0. The molecule has 0 aliphatic heterocycles. The van der Waals surface area contributed by atoms with E-state index < -0.39 is 0 Å². The SMILES string of the molecule is Cc1ccccc1Nc1c(-c2ccsc2)nc2ccc(Cl)cn12. The van der Waals surface area contributed by atoms with Crippen LogP contribution in [0.5, 0.6) is 0 Å². The number of rotatable bonds is 3. The van der Waals surface area contributed by atoms with Gasteiger partial charge in [-0.15, -0.1) is 0 Å². The van der Waals surface area contributed by atoms with Gasteiger partial charge in [0.05, 0.1) is 5.02 Å². The molecule has 0 saturated heterocycles. The zero-order chi connectivity index (χ0) is 15.8. The van der Waals surface area contributed by atoms with Crippen molar-refractivity contribution in [2.75, 3.05) is 5.32 Å². The predicted octanol–water partition coefficient (Wildman–Crippen LogP) is 5.77. The molecule has 4 aromatic rings. The Kier molecular flexibility index (Phi) is 3.56. The highest BCUT2D eigenvalue weighted by Gasteiger charge is 2.15. The van der Waals surface area contributed by atoms with Crippen molar-refractivity contribution in [3.05, 3.63) is 70.0 Å². The molecule has 0 bridgehead atoms. The number of hydrogen-bond donors (Lipinski definition) is 1. The zero-order valence-electron chi connectivity index (χ0n) is 12.5. The second kappa shape index (κ2) is 5.72. The highest BCUT2D eigenvalue weighted by molar-refractivity contribution is 7.08. The molecule has 1 aromatic carbocycles. The maximum Gasteiger partial charge on any atom is 0.143 e. The van der Waals surface area contributed by atoms with Crippen LogP contribution in [0.4, 0.5) is 11.5 Å². The summed E-state index contributed by atoms with van der Waals surface area (Å²) in [6, 6.07) is 14.1. The molecule has 3 nitrogen and oxygen atoms in total. The molecule has 1 N–H and O–H groups in total. The number of benzene rings is 1. The quantitative estimate of drug-likeness (QED) is 0.513. The Bertz CT molecular complexity index is 973. The van der Waals surface area contributed by atoms with Crippen LogP contribution in [0, 0.1) is 6.92 Å². The average molecular weight is 340 g/mol. The summed E-state index contributed by atoms with van der Waals surface area (Å²) >= 11 is 7.85. The van der Waals surface area contributed by atoms with E-state index in [0.717, 1.165) is 28.4 Å². The number of pyridine rings is 1. The van der Waals surface area contributed by atoms with E-state index in [9.17, 15) is 0 Å². The average Bonchev–Trinajstić information content (AvgIpc) is 3.18. The van der Waals surface area contributed by atoms with E-state index in [1.807, 2.05) is 34.9 Å². The number of hydrogen-bond acceptors (Lipinski definition) is 3. The highest BCUT2D eigenvalue weighted by atomic mass is 35.5. The van der Waals surface area contributed by atoms with Gasteiger partial charge in [-0.25, -0.2) is 4.98 Å². The van der Waals surface area contributed by atoms with E-state index in [4.69, 9.17) is 16.6 Å². The highest BCUT2D eigenvalue weighted by Crippen LogP contribution is 2.33. The molecular formula is C18H14ClN3S. The first-order valence-corrected chi connectivity index (χ1v) is 8.57. The van der Waals surface area contributed by atoms with E-state index in [1.54, 1.807) is 11.3 Å². The Balaban J connectivity index is 1.93. The fourth-order valence-corrected chi connectivity index (χ4v) is 3.38. The summed E-state index contributed by atoms with van der Waals surface area (Å²) in [4.78, 5) is 4.77. The number of nitrogens with one attached hydrogen (secondary N) is 1. The number of aromatic nitrogens is 2. The van der Waals surface area contributed by atoms with Crippen LogP contribution >= 0.6 is 22.9 Å². The molecule has 4 rings (SSSR count). The molecule has 3 heterocycles. The molecule has 0 atom stereocenters. The standard InChI is InChI=1S/C18H14ClN3S/c1-12-4-2-3-5-15(12)20-18-17(13-8-9-23-11-13)21-16-7-6-14(19)10-22(16)18/h2-11,20H,1H3. The maximum atomic E-state index is 6.18. The van der Waals surface area contributed by atoms with Crippen molar-refractivity contribution in [3.8, 4) is 11.3 Å². The van der Waals surface area contributed by atoms with Gasteiger partial charge in [0, 0.05) is 22.8 Å². The van der Waals surface area contributed by atoms with Crippen molar-refractivity contribution < 1.29 is 0 Å². The minimum absolute atomic E-state index is 0.680. The van der Waals surface area contributed by atoms with Gasteiger partial charge in [0.25, 0.3) is 0 Å². The van der Waals surface area contributed by atoms with E-state index in [2.05, 4.69) is 41.2 Å². The van der Waals surface area contributed by atoms with Crippen molar-refractivity contribution in [1.82, 2.24) is 9.38 Å². The van der Waals surface area contributed by atoms with Crippen LogP contribution in [-0.4, -0.2) is 9.38 Å². The first-order chi connectivity index (χ1) is 11.2. The van der Waals surface area contributed by atoms with Crippen molar-refractivity contribution in [2.45, 2.75) is 6.92 Å². The van der Waals surface area contributed by atoms with Gasteiger partial charge in [-0.05, 0) is 42.1 Å². The van der Waals surface area contributed by atoms with Crippen LogP contribution < -0.4 is 5.32 Å². The lowest BCUT2D eigenvalue weighted by atomic mass is 10.2. The summed E-state index contributed by atoms with van der Waals surface area (Å²) in [5.41, 5.74) is 5.14. The van der Waals surface area contributed by atoms with Gasteiger partial charge in [0.2, 0.25) is 0 Å². The molecule has 3 aromatic heterocycles.